The van der Waals surface area contributed by atoms with Gasteiger partial charge in [0.15, 0.2) is 0 Å². The number of nitrogens with one attached hydrogen (secondary N) is 1. The van der Waals surface area contributed by atoms with E-state index in [9.17, 15) is 4.79 Å². The second-order valence-electron chi connectivity index (χ2n) is 7.60. The largest absolute Gasteiger partial charge is 0.323 e. The molecule has 1 fully saturated rings. The fourth-order valence-corrected chi connectivity index (χ4v) is 3.02. The highest BCUT2D eigenvalue weighted by Gasteiger charge is 2.42. The Balaban J connectivity index is 2.78. The number of nitrogens with zero attached hydrogens (tertiary/aromatic N) is 1. The number of hydrogen-bond donors (Lipinski definition) is 1. The van der Waals surface area contributed by atoms with Gasteiger partial charge in [-0.3, -0.25) is 10.1 Å². The van der Waals surface area contributed by atoms with E-state index >= 15 is 0 Å². The number of rotatable bonds is 7. The molecule has 1 rings (SSSR count). The first-order valence-corrected chi connectivity index (χ1v) is 8.32. The standard InChI is InChI=1S/C17H34N2O/c1-11(2)8-9-14(7)19-15(10-12(3)4)18-16(13(5)6)17(19)20/h11-16,18H,8-10H2,1-7H3. The Morgan fingerprint density at radius 1 is 1.00 bits per heavy atom. The predicted octanol–water partition coefficient (Wildman–Crippen LogP) is 3.64. The van der Waals surface area contributed by atoms with Crippen LogP contribution in [0.3, 0.4) is 0 Å². The molecule has 0 aromatic heterocycles. The van der Waals surface area contributed by atoms with Gasteiger partial charge in [-0.15, -0.1) is 0 Å². The summed E-state index contributed by atoms with van der Waals surface area (Å²) in [6.45, 7) is 15.4. The minimum Gasteiger partial charge on any atom is -0.323 e. The summed E-state index contributed by atoms with van der Waals surface area (Å²) in [6.07, 6.45) is 3.55. The van der Waals surface area contributed by atoms with E-state index < -0.39 is 0 Å². The lowest BCUT2D eigenvalue weighted by Gasteiger charge is -2.31. The summed E-state index contributed by atoms with van der Waals surface area (Å²) in [5.74, 6) is 1.97. The van der Waals surface area contributed by atoms with Gasteiger partial charge in [0.05, 0.1) is 12.2 Å². The minimum absolute atomic E-state index is 0.000231. The highest BCUT2D eigenvalue weighted by Crippen LogP contribution is 2.25. The lowest BCUT2D eigenvalue weighted by molar-refractivity contribution is -0.133. The highest BCUT2D eigenvalue weighted by atomic mass is 16.2. The van der Waals surface area contributed by atoms with E-state index in [-0.39, 0.29) is 12.2 Å². The topological polar surface area (TPSA) is 32.3 Å². The van der Waals surface area contributed by atoms with Crippen molar-refractivity contribution in [2.75, 3.05) is 0 Å². The van der Waals surface area contributed by atoms with Crippen LogP contribution in [0.4, 0.5) is 0 Å². The minimum atomic E-state index is 0.000231. The van der Waals surface area contributed by atoms with Gasteiger partial charge in [0.2, 0.25) is 5.91 Å². The lowest BCUT2D eigenvalue weighted by Crippen LogP contribution is -2.44. The van der Waals surface area contributed by atoms with Crippen molar-refractivity contribution in [1.82, 2.24) is 10.2 Å². The van der Waals surface area contributed by atoms with Crippen LogP contribution in [0.25, 0.3) is 0 Å². The van der Waals surface area contributed by atoms with Gasteiger partial charge in [0.1, 0.15) is 0 Å². The molecular formula is C17H34N2O. The third-order valence-electron chi connectivity index (χ3n) is 4.23. The van der Waals surface area contributed by atoms with Gasteiger partial charge in [-0.05, 0) is 43.9 Å². The molecule has 1 aliphatic heterocycles. The molecule has 3 atom stereocenters. The van der Waals surface area contributed by atoms with E-state index in [2.05, 4.69) is 58.7 Å². The Hall–Kier alpha value is -0.570. The van der Waals surface area contributed by atoms with Gasteiger partial charge in [-0.25, -0.2) is 0 Å². The normalized spacial score (nSPS) is 25.3. The van der Waals surface area contributed by atoms with Crippen molar-refractivity contribution in [2.24, 2.45) is 17.8 Å². The molecule has 3 unspecified atom stereocenters. The van der Waals surface area contributed by atoms with E-state index in [1.165, 1.54) is 6.42 Å². The van der Waals surface area contributed by atoms with Crippen LogP contribution in [0.1, 0.15) is 67.7 Å². The number of carbonyl (C=O) groups excluding carboxylic acids is 1. The van der Waals surface area contributed by atoms with Crippen LogP contribution in [-0.4, -0.2) is 29.1 Å². The first-order valence-electron chi connectivity index (χ1n) is 8.32. The van der Waals surface area contributed by atoms with E-state index in [1.54, 1.807) is 0 Å². The first kappa shape index (κ1) is 17.5. The number of amides is 1. The molecule has 1 amide bonds. The summed E-state index contributed by atoms with van der Waals surface area (Å²) in [6, 6.07) is 0.338. The SMILES string of the molecule is CC(C)CCC(C)N1C(=O)C(C(C)C)NC1CC(C)C. The molecular weight excluding hydrogens is 248 g/mol. The molecule has 118 valence electrons. The van der Waals surface area contributed by atoms with Crippen molar-refractivity contribution in [3.8, 4) is 0 Å². The van der Waals surface area contributed by atoms with Crippen LogP contribution in [0.15, 0.2) is 0 Å². The molecule has 0 radical (unpaired) electrons. The summed E-state index contributed by atoms with van der Waals surface area (Å²) < 4.78 is 0. The molecule has 1 N–H and O–H groups in total. The zero-order chi connectivity index (χ0) is 15.4. The Morgan fingerprint density at radius 2 is 1.60 bits per heavy atom. The molecule has 0 aromatic rings. The Kier molecular flexibility index (Phi) is 6.50. The van der Waals surface area contributed by atoms with Crippen molar-refractivity contribution in [1.29, 1.82) is 0 Å². The summed E-state index contributed by atoms with van der Waals surface area (Å²) in [5.41, 5.74) is 0. The molecule has 0 bridgehead atoms. The maximum Gasteiger partial charge on any atom is 0.241 e. The molecule has 0 aliphatic carbocycles. The maximum atomic E-state index is 12.7. The highest BCUT2D eigenvalue weighted by molar-refractivity contribution is 5.84. The molecule has 1 saturated heterocycles. The predicted molar refractivity (Wildman–Crippen MR) is 85.4 cm³/mol. The van der Waals surface area contributed by atoms with Gasteiger partial charge in [-0.2, -0.15) is 0 Å². The van der Waals surface area contributed by atoms with Gasteiger partial charge < -0.3 is 4.90 Å². The van der Waals surface area contributed by atoms with E-state index in [0.717, 1.165) is 12.8 Å². The molecule has 3 heteroatoms. The van der Waals surface area contributed by atoms with Crippen LogP contribution < -0.4 is 5.32 Å². The van der Waals surface area contributed by atoms with Crippen LogP contribution in [0.5, 0.6) is 0 Å². The smallest absolute Gasteiger partial charge is 0.241 e. The number of hydrogen-bond acceptors (Lipinski definition) is 2. The maximum absolute atomic E-state index is 12.7. The van der Waals surface area contributed by atoms with Crippen molar-refractivity contribution >= 4 is 5.91 Å². The molecule has 0 aromatic carbocycles. The number of carbonyl (C=O) groups is 1. The average Bonchev–Trinajstić information content (AvgIpc) is 2.62. The van der Waals surface area contributed by atoms with E-state index in [4.69, 9.17) is 0 Å². The molecule has 0 saturated carbocycles. The van der Waals surface area contributed by atoms with Crippen LogP contribution in [0.2, 0.25) is 0 Å². The summed E-state index contributed by atoms with van der Waals surface area (Å²) in [7, 11) is 0. The van der Waals surface area contributed by atoms with Gasteiger partial charge >= 0.3 is 0 Å². The van der Waals surface area contributed by atoms with Crippen LogP contribution in [-0.2, 0) is 4.79 Å². The second-order valence-corrected chi connectivity index (χ2v) is 7.60. The Bertz CT molecular complexity index is 312. The van der Waals surface area contributed by atoms with Crippen LogP contribution in [0, 0.1) is 17.8 Å². The zero-order valence-electron chi connectivity index (χ0n) is 14.4. The third-order valence-corrected chi connectivity index (χ3v) is 4.23. The monoisotopic (exact) mass is 282 g/mol. The van der Waals surface area contributed by atoms with Crippen molar-refractivity contribution in [3.63, 3.8) is 0 Å². The molecule has 3 nitrogen and oxygen atoms in total. The fraction of sp³-hybridized carbons (Fsp3) is 0.941. The molecule has 1 heterocycles. The van der Waals surface area contributed by atoms with Gasteiger partial charge in [0.25, 0.3) is 0 Å². The fourth-order valence-electron chi connectivity index (χ4n) is 3.02. The first-order chi connectivity index (χ1) is 9.23. The summed E-state index contributed by atoms with van der Waals surface area (Å²) in [4.78, 5) is 14.8. The molecule has 1 aliphatic rings. The average molecular weight is 282 g/mol. The third kappa shape index (κ3) is 4.47. The molecule has 0 spiro atoms. The van der Waals surface area contributed by atoms with Crippen molar-refractivity contribution in [3.05, 3.63) is 0 Å². The van der Waals surface area contributed by atoms with Crippen molar-refractivity contribution in [2.45, 2.75) is 86.0 Å². The lowest BCUT2D eigenvalue weighted by atomic mass is 10.0. The van der Waals surface area contributed by atoms with Gasteiger partial charge in [0, 0.05) is 6.04 Å². The zero-order valence-corrected chi connectivity index (χ0v) is 14.4. The Morgan fingerprint density at radius 3 is 2.05 bits per heavy atom. The second kappa shape index (κ2) is 7.44. The molecule has 20 heavy (non-hydrogen) atoms. The van der Waals surface area contributed by atoms with Crippen LogP contribution >= 0.6 is 0 Å². The van der Waals surface area contributed by atoms with E-state index in [0.29, 0.717) is 29.7 Å². The van der Waals surface area contributed by atoms with Gasteiger partial charge in [-0.1, -0.05) is 41.5 Å². The van der Waals surface area contributed by atoms with Crippen molar-refractivity contribution < 1.29 is 4.79 Å². The summed E-state index contributed by atoms with van der Waals surface area (Å²) in [5, 5.41) is 3.57. The summed E-state index contributed by atoms with van der Waals surface area (Å²) >= 11 is 0. The quantitative estimate of drug-likeness (QED) is 0.773. The Labute approximate surface area is 125 Å². The van der Waals surface area contributed by atoms with E-state index in [1.807, 2.05) is 0 Å².